The minimum Gasteiger partial charge on any atom is -0.435 e. The van der Waals surface area contributed by atoms with E-state index < -0.39 is 45.7 Å². The Morgan fingerprint density at radius 3 is 2.58 bits per heavy atom. The molecule has 3 heterocycles. The fraction of sp³-hybridized carbons (Fsp3) is 0.222. The van der Waals surface area contributed by atoms with Crippen molar-refractivity contribution in [3.63, 3.8) is 0 Å². The van der Waals surface area contributed by atoms with Crippen LogP contribution < -0.4 is 20.1 Å². The molecule has 1 saturated heterocycles. The molecule has 1 fully saturated rings. The van der Waals surface area contributed by atoms with Crippen molar-refractivity contribution in [1.29, 1.82) is 0 Å². The Morgan fingerprint density at radius 1 is 0.950 bits per heavy atom. The quantitative estimate of drug-likeness (QED) is 0.222. The van der Waals surface area contributed by atoms with Crippen molar-refractivity contribution in [3.05, 3.63) is 95.6 Å². The van der Waals surface area contributed by atoms with Crippen LogP contribution in [0.25, 0.3) is 11.3 Å². The molecule has 0 unspecified atom stereocenters. The number of thiol groups is 1. The second-order valence-electron chi connectivity index (χ2n) is 9.03. The van der Waals surface area contributed by atoms with Crippen molar-refractivity contribution in [2.45, 2.75) is 24.9 Å². The largest absolute Gasteiger partial charge is 0.435 e. The monoisotopic (exact) mass is 570 g/mol. The zero-order valence-corrected chi connectivity index (χ0v) is 21.9. The lowest BCUT2D eigenvalue weighted by Gasteiger charge is -2.23. The number of anilines is 1. The van der Waals surface area contributed by atoms with Crippen LogP contribution in [0.15, 0.2) is 67.0 Å². The van der Waals surface area contributed by atoms with Crippen molar-refractivity contribution in [3.8, 4) is 22.9 Å². The number of hydrogen-bond acceptors (Lipinski definition) is 8. The molecule has 2 aromatic carbocycles. The van der Waals surface area contributed by atoms with Gasteiger partial charge in [-0.15, -0.1) is 0 Å². The third-order valence-corrected chi connectivity index (χ3v) is 6.85. The molecule has 0 radical (unpaired) electrons. The molecule has 9 nitrogen and oxygen atoms in total. The molecule has 1 aliphatic heterocycles. The van der Waals surface area contributed by atoms with Gasteiger partial charge in [-0.1, -0.05) is 24.3 Å². The number of halogens is 3. The smallest absolute Gasteiger partial charge is 0.228 e. The highest BCUT2D eigenvalue weighted by atomic mass is 32.2. The molecule has 0 saturated carbocycles. The number of nitrogens with one attached hydrogen (secondary N) is 3. The standard InChI is InChI=1S/C27H25F3N6O3S/c28-20-8-2-1-6-17(20)25(36-40(37)38)19-9-10-22(24(30)23(19)29)39-26-18(7-4-13-32-26)21-11-14-33-27(35-21)34-16-5-3-12-31-15-16/h1-2,4,6-11,13-14,16,25,31,40H,3,5,12,15H2,(H,33,34,35)(H,36,37,38)/t16-,25-/m0/s1. The summed E-state index contributed by atoms with van der Waals surface area (Å²) in [6.45, 7) is 1.75. The van der Waals surface area contributed by atoms with Gasteiger partial charge in [-0.2, -0.15) is 4.39 Å². The van der Waals surface area contributed by atoms with Gasteiger partial charge < -0.3 is 15.4 Å². The Labute approximate surface area is 229 Å². The zero-order valence-electron chi connectivity index (χ0n) is 21.0. The maximum Gasteiger partial charge on any atom is 0.228 e. The van der Waals surface area contributed by atoms with Gasteiger partial charge in [-0.3, -0.25) is 0 Å². The molecule has 0 bridgehead atoms. The van der Waals surface area contributed by atoms with Gasteiger partial charge in [0.25, 0.3) is 0 Å². The number of nitrogens with zero attached hydrogens (tertiary/aromatic N) is 3. The Hall–Kier alpha value is -4.07. The summed E-state index contributed by atoms with van der Waals surface area (Å²) in [5.74, 6) is -3.71. The van der Waals surface area contributed by atoms with E-state index in [9.17, 15) is 12.8 Å². The molecule has 0 amide bonds. The minimum absolute atomic E-state index is 0.0380. The van der Waals surface area contributed by atoms with E-state index in [1.54, 1.807) is 24.4 Å². The van der Waals surface area contributed by atoms with E-state index >= 15 is 8.78 Å². The Balaban J connectivity index is 1.44. The summed E-state index contributed by atoms with van der Waals surface area (Å²) in [7, 11) is -3.28. The molecule has 208 valence electrons. The van der Waals surface area contributed by atoms with Gasteiger partial charge in [0, 0.05) is 36.1 Å². The molecule has 40 heavy (non-hydrogen) atoms. The minimum atomic E-state index is -3.28. The maximum atomic E-state index is 15.3. The second kappa shape index (κ2) is 12.4. The van der Waals surface area contributed by atoms with E-state index in [0.29, 0.717) is 17.2 Å². The Morgan fingerprint density at radius 2 is 1.80 bits per heavy atom. The average molecular weight is 571 g/mol. The van der Waals surface area contributed by atoms with Crippen LogP contribution in [-0.4, -0.2) is 42.5 Å². The van der Waals surface area contributed by atoms with Crippen molar-refractivity contribution in [1.82, 2.24) is 25.0 Å². The predicted molar refractivity (Wildman–Crippen MR) is 143 cm³/mol. The molecule has 0 aliphatic carbocycles. The van der Waals surface area contributed by atoms with Gasteiger partial charge >= 0.3 is 0 Å². The van der Waals surface area contributed by atoms with E-state index in [1.165, 1.54) is 24.4 Å². The number of ether oxygens (including phenoxy) is 1. The Kier molecular flexibility index (Phi) is 8.53. The first kappa shape index (κ1) is 27.5. The number of pyridine rings is 1. The highest BCUT2D eigenvalue weighted by Crippen LogP contribution is 2.35. The molecule has 1 aliphatic rings. The molecular weight excluding hydrogens is 545 g/mol. The summed E-state index contributed by atoms with van der Waals surface area (Å²) in [6, 6.07) is 11.1. The lowest BCUT2D eigenvalue weighted by molar-refractivity contribution is 0.401. The number of benzene rings is 2. The summed E-state index contributed by atoms with van der Waals surface area (Å²) in [4.78, 5) is 13.0. The molecule has 3 N–H and O–H groups in total. The summed E-state index contributed by atoms with van der Waals surface area (Å²) in [6.07, 6.45) is 5.01. The van der Waals surface area contributed by atoms with Crippen LogP contribution in [0.1, 0.15) is 30.0 Å². The van der Waals surface area contributed by atoms with E-state index in [4.69, 9.17) is 4.74 Å². The molecule has 5 rings (SSSR count). The molecule has 4 aromatic rings. The van der Waals surface area contributed by atoms with Crippen LogP contribution in [0.4, 0.5) is 19.1 Å². The topological polar surface area (TPSA) is 118 Å². The van der Waals surface area contributed by atoms with Crippen LogP contribution in [0.2, 0.25) is 0 Å². The number of hydrogen-bond donors (Lipinski definition) is 4. The lowest BCUT2D eigenvalue weighted by atomic mass is 9.98. The second-order valence-corrected chi connectivity index (χ2v) is 9.81. The highest BCUT2D eigenvalue weighted by molar-refractivity contribution is 7.70. The van der Waals surface area contributed by atoms with Crippen molar-refractivity contribution < 1.29 is 26.3 Å². The maximum absolute atomic E-state index is 15.3. The zero-order chi connectivity index (χ0) is 28.1. The summed E-state index contributed by atoms with van der Waals surface area (Å²) in [5, 5.41) is 6.61. The summed E-state index contributed by atoms with van der Waals surface area (Å²) >= 11 is 0. The fourth-order valence-corrected chi connectivity index (χ4v) is 4.97. The van der Waals surface area contributed by atoms with Gasteiger partial charge in [0.2, 0.25) is 28.5 Å². The molecule has 13 heteroatoms. The van der Waals surface area contributed by atoms with Gasteiger partial charge in [-0.05, 0) is 49.7 Å². The van der Waals surface area contributed by atoms with E-state index in [-0.39, 0.29) is 17.5 Å². The van der Waals surface area contributed by atoms with Gasteiger partial charge in [0.1, 0.15) is 5.82 Å². The number of aromatic nitrogens is 3. The van der Waals surface area contributed by atoms with Crippen LogP contribution in [0.3, 0.4) is 0 Å². The Bertz CT molecular complexity index is 1580. The third kappa shape index (κ3) is 6.22. The van der Waals surface area contributed by atoms with Crippen molar-refractivity contribution in [2.24, 2.45) is 0 Å². The van der Waals surface area contributed by atoms with Gasteiger partial charge in [-0.25, -0.2) is 36.9 Å². The van der Waals surface area contributed by atoms with Crippen LogP contribution in [0, 0.1) is 17.5 Å². The van der Waals surface area contributed by atoms with E-state index in [0.717, 1.165) is 44.1 Å². The molecular formula is C27H25F3N6O3S. The van der Waals surface area contributed by atoms with Crippen molar-refractivity contribution in [2.75, 3.05) is 18.4 Å². The molecule has 2 aromatic heterocycles. The number of rotatable bonds is 9. The van der Waals surface area contributed by atoms with E-state index in [1.807, 2.05) is 0 Å². The first-order chi connectivity index (χ1) is 19.4. The summed E-state index contributed by atoms with van der Waals surface area (Å²) in [5.41, 5.74) is 0.273. The lowest BCUT2D eigenvalue weighted by Crippen LogP contribution is -2.38. The highest BCUT2D eigenvalue weighted by Gasteiger charge is 2.26. The van der Waals surface area contributed by atoms with Crippen LogP contribution in [-0.2, 0) is 10.9 Å². The SMILES string of the molecule is O=[SH](=O)N[C@@H](c1ccccc1F)c1ccc(Oc2ncccc2-c2ccnc(N[C@H]3CCCNC3)n2)c(F)c1F. The third-order valence-electron chi connectivity index (χ3n) is 6.38. The number of piperidine rings is 1. The van der Waals surface area contributed by atoms with E-state index in [2.05, 4.69) is 30.3 Å². The molecule has 0 spiro atoms. The van der Waals surface area contributed by atoms with Gasteiger partial charge in [0.05, 0.1) is 17.3 Å². The average Bonchev–Trinajstić information content (AvgIpc) is 2.96. The van der Waals surface area contributed by atoms with Crippen LogP contribution in [0.5, 0.6) is 11.6 Å². The molecule has 2 atom stereocenters. The first-order valence-corrected chi connectivity index (χ1v) is 13.6. The van der Waals surface area contributed by atoms with Crippen molar-refractivity contribution >= 4 is 16.8 Å². The van der Waals surface area contributed by atoms with Gasteiger partial charge in [0.15, 0.2) is 11.6 Å². The summed E-state index contributed by atoms with van der Waals surface area (Å²) < 4.78 is 75.6. The fourth-order valence-electron chi connectivity index (χ4n) is 4.48. The predicted octanol–water partition coefficient (Wildman–Crippen LogP) is 4.12. The van der Waals surface area contributed by atoms with Crippen LogP contribution >= 0.6 is 0 Å². The normalized spacial score (nSPS) is 16.1. The first-order valence-electron chi connectivity index (χ1n) is 12.5.